The van der Waals surface area contributed by atoms with E-state index in [9.17, 15) is 4.79 Å². The summed E-state index contributed by atoms with van der Waals surface area (Å²) in [5.41, 5.74) is 1.09. The summed E-state index contributed by atoms with van der Waals surface area (Å²) < 4.78 is 0. The summed E-state index contributed by atoms with van der Waals surface area (Å²) >= 11 is 6.77. The molecule has 2 aromatic rings. The van der Waals surface area contributed by atoms with Gasteiger partial charge in [-0.05, 0) is 48.2 Å². The normalized spacial score (nSPS) is 9.78. The summed E-state index contributed by atoms with van der Waals surface area (Å²) in [6.07, 6.45) is 0. The Kier molecular flexibility index (Phi) is 4.03. The predicted octanol–water partition coefficient (Wildman–Crippen LogP) is 4.14. The fraction of sp³-hybridized carbons (Fsp3) is 0. The van der Waals surface area contributed by atoms with E-state index in [1.54, 1.807) is 48.5 Å². The number of benzene rings is 2. The van der Waals surface area contributed by atoms with Crippen LogP contribution in [-0.4, -0.2) is 5.78 Å². The molecular weight excluding hydrogens is 266 g/mol. The monoisotopic (exact) mass is 273 g/mol. The molecule has 2 nitrogen and oxygen atoms in total. The van der Waals surface area contributed by atoms with Crippen LogP contribution in [-0.2, 0) is 0 Å². The van der Waals surface area contributed by atoms with Crippen LogP contribution >= 0.6 is 23.4 Å². The highest BCUT2D eigenvalue weighted by molar-refractivity contribution is 8.03. The number of hydrogen-bond acceptors (Lipinski definition) is 3. The van der Waals surface area contributed by atoms with Gasteiger partial charge in [-0.15, -0.1) is 0 Å². The van der Waals surface area contributed by atoms with E-state index >= 15 is 0 Å². The molecule has 2 aromatic carbocycles. The number of hydrogen-bond donors (Lipinski definition) is 0. The third kappa shape index (κ3) is 2.73. The Balaban J connectivity index is 2.40. The maximum Gasteiger partial charge on any atom is 0.194 e. The molecule has 4 heteroatoms. The van der Waals surface area contributed by atoms with Crippen molar-refractivity contribution in [3.05, 3.63) is 64.7 Å². The van der Waals surface area contributed by atoms with E-state index in [0.717, 1.165) is 11.8 Å². The first kappa shape index (κ1) is 12.7. The second-order valence-electron chi connectivity index (χ2n) is 3.53. The molecule has 0 unspecified atom stereocenters. The van der Waals surface area contributed by atoms with Crippen LogP contribution in [0.3, 0.4) is 0 Å². The molecule has 0 amide bonds. The van der Waals surface area contributed by atoms with Gasteiger partial charge in [-0.2, -0.15) is 5.26 Å². The van der Waals surface area contributed by atoms with Crippen molar-refractivity contribution in [1.29, 1.82) is 5.26 Å². The molecule has 0 aliphatic heterocycles. The molecule has 0 radical (unpaired) electrons. The minimum Gasteiger partial charge on any atom is -0.289 e. The first-order chi connectivity index (χ1) is 8.72. The Morgan fingerprint density at radius 3 is 2.44 bits per heavy atom. The third-order valence-electron chi connectivity index (χ3n) is 2.39. The second-order valence-corrected chi connectivity index (χ2v) is 4.79. The maximum absolute atomic E-state index is 12.3. The molecular formula is C14H8ClNOS. The van der Waals surface area contributed by atoms with Crippen molar-refractivity contribution < 1.29 is 4.79 Å². The van der Waals surface area contributed by atoms with E-state index in [4.69, 9.17) is 16.9 Å². The van der Waals surface area contributed by atoms with E-state index in [0.29, 0.717) is 21.0 Å². The summed E-state index contributed by atoms with van der Waals surface area (Å²) in [4.78, 5) is 13.0. The SMILES string of the molecule is N#CSc1ccccc1C(=O)c1ccc(Cl)cc1. The van der Waals surface area contributed by atoms with Crippen LogP contribution in [0.1, 0.15) is 15.9 Å². The average molecular weight is 274 g/mol. The lowest BCUT2D eigenvalue weighted by atomic mass is 10.0. The zero-order valence-corrected chi connectivity index (χ0v) is 10.8. The van der Waals surface area contributed by atoms with Gasteiger partial charge >= 0.3 is 0 Å². The van der Waals surface area contributed by atoms with E-state index in [1.807, 2.05) is 5.40 Å². The highest BCUT2D eigenvalue weighted by Crippen LogP contribution is 2.24. The Morgan fingerprint density at radius 1 is 1.11 bits per heavy atom. The Labute approximate surface area is 114 Å². The summed E-state index contributed by atoms with van der Waals surface area (Å²) in [5, 5.41) is 11.3. The van der Waals surface area contributed by atoms with Crippen molar-refractivity contribution in [3.8, 4) is 5.40 Å². The van der Waals surface area contributed by atoms with Crippen molar-refractivity contribution in [3.63, 3.8) is 0 Å². The number of carbonyl (C=O) groups excluding carboxylic acids is 1. The second kappa shape index (κ2) is 5.72. The third-order valence-corrected chi connectivity index (χ3v) is 3.31. The van der Waals surface area contributed by atoms with Crippen molar-refractivity contribution in [2.24, 2.45) is 0 Å². The fourth-order valence-electron chi connectivity index (χ4n) is 1.55. The van der Waals surface area contributed by atoms with Crippen LogP contribution in [0.4, 0.5) is 0 Å². The Bertz CT molecular complexity index is 616. The molecule has 18 heavy (non-hydrogen) atoms. The molecule has 0 saturated carbocycles. The minimum atomic E-state index is -0.106. The molecule has 0 aliphatic rings. The number of halogens is 1. The standard InChI is InChI=1S/C14H8ClNOS/c15-11-7-5-10(6-8-11)14(17)12-3-1-2-4-13(12)18-9-16/h1-8H. The summed E-state index contributed by atoms with van der Waals surface area (Å²) in [6.45, 7) is 0. The van der Waals surface area contributed by atoms with Crippen LogP contribution in [0.15, 0.2) is 53.4 Å². The lowest BCUT2D eigenvalue weighted by Crippen LogP contribution is -2.02. The first-order valence-corrected chi connectivity index (χ1v) is 6.37. The molecule has 0 saturated heterocycles. The summed E-state index contributed by atoms with van der Waals surface area (Å²) in [7, 11) is 0. The van der Waals surface area contributed by atoms with E-state index in [2.05, 4.69) is 0 Å². The lowest BCUT2D eigenvalue weighted by molar-refractivity contribution is 0.103. The minimum absolute atomic E-state index is 0.106. The van der Waals surface area contributed by atoms with Crippen molar-refractivity contribution in [2.75, 3.05) is 0 Å². The van der Waals surface area contributed by atoms with Crippen LogP contribution < -0.4 is 0 Å². The van der Waals surface area contributed by atoms with Crippen LogP contribution in [0.2, 0.25) is 5.02 Å². The zero-order chi connectivity index (χ0) is 13.0. The van der Waals surface area contributed by atoms with Crippen LogP contribution in [0, 0.1) is 10.7 Å². The van der Waals surface area contributed by atoms with Gasteiger partial charge in [-0.25, -0.2) is 0 Å². The van der Waals surface area contributed by atoms with Crippen LogP contribution in [0.25, 0.3) is 0 Å². The van der Waals surface area contributed by atoms with Gasteiger partial charge in [0.2, 0.25) is 0 Å². The molecule has 0 N–H and O–H groups in total. The number of carbonyl (C=O) groups is 1. The van der Waals surface area contributed by atoms with E-state index in [1.165, 1.54) is 0 Å². The Morgan fingerprint density at radius 2 is 1.78 bits per heavy atom. The fourth-order valence-corrected chi connectivity index (χ4v) is 2.19. The van der Waals surface area contributed by atoms with Gasteiger partial charge in [0.05, 0.1) is 0 Å². The average Bonchev–Trinajstić information content (AvgIpc) is 2.40. The predicted molar refractivity (Wildman–Crippen MR) is 72.8 cm³/mol. The molecule has 0 heterocycles. The summed E-state index contributed by atoms with van der Waals surface area (Å²) in [5.74, 6) is -0.106. The smallest absolute Gasteiger partial charge is 0.194 e. The van der Waals surface area contributed by atoms with E-state index < -0.39 is 0 Å². The van der Waals surface area contributed by atoms with Crippen LogP contribution in [0.5, 0.6) is 0 Å². The van der Waals surface area contributed by atoms with E-state index in [-0.39, 0.29) is 5.78 Å². The number of nitriles is 1. The first-order valence-electron chi connectivity index (χ1n) is 5.17. The molecule has 2 rings (SSSR count). The number of thiocyanates is 1. The topological polar surface area (TPSA) is 40.9 Å². The summed E-state index contributed by atoms with van der Waals surface area (Å²) in [6, 6.07) is 13.8. The van der Waals surface area contributed by atoms with Gasteiger partial charge in [0.15, 0.2) is 5.78 Å². The maximum atomic E-state index is 12.3. The van der Waals surface area contributed by atoms with Gasteiger partial charge in [0.1, 0.15) is 5.40 Å². The van der Waals surface area contributed by atoms with Gasteiger partial charge in [0.25, 0.3) is 0 Å². The van der Waals surface area contributed by atoms with Crippen molar-refractivity contribution in [1.82, 2.24) is 0 Å². The molecule has 0 bridgehead atoms. The largest absolute Gasteiger partial charge is 0.289 e. The number of rotatable bonds is 3. The quantitative estimate of drug-likeness (QED) is 0.479. The highest BCUT2D eigenvalue weighted by atomic mass is 35.5. The van der Waals surface area contributed by atoms with Crippen molar-refractivity contribution in [2.45, 2.75) is 4.90 Å². The van der Waals surface area contributed by atoms with Gasteiger partial charge in [0, 0.05) is 21.0 Å². The number of nitrogens with zero attached hydrogens (tertiary/aromatic N) is 1. The molecule has 0 aliphatic carbocycles. The van der Waals surface area contributed by atoms with Crippen molar-refractivity contribution >= 4 is 29.1 Å². The van der Waals surface area contributed by atoms with Gasteiger partial charge in [-0.1, -0.05) is 23.7 Å². The Hall–Kier alpha value is -1.76. The molecule has 88 valence electrons. The zero-order valence-electron chi connectivity index (χ0n) is 9.26. The molecule has 0 atom stereocenters. The lowest BCUT2D eigenvalue weighted by Gasteiger charge is -2.05. The van der Waals surface area contributed by atoms with Gasteiger partial charge < -0.3 is 0 Å². The molecule has 0 aromatic heterocycles. The highest BCUT2D eigenvalue weighted by Gasteiger charge is 2.13. The molecule has 0 spiro atoms. The number of thioether (sulfide) groups is 1. The molecule has 0 fully saturated rings. The van der Waals surface area contributed by atoms with Gasteiger partial charge in [-0.3, -0.25) is 4.79 Å². The number of ketones is 1.